The van der Waals surface area contributed by atoms with E-state index < -0.39 is 6.04 Å². The normalized spacial score (nSPS) is 14.3. The van der Waals surface area contributed by atoms with Crippen LogP contribution in [0.1, 0.15) is 38.8 Å². The average Bonchev–Trinajstić information content (AvgIpc) is 2.35. The first-order valence-corrected chi connectivity index (χ1v) is 6.65. The highest BCUT2D eigenvalue weighted by Crippen LogP contribution is 2.19. The molecule has 1 aromatic rings. The first-order valence-electron chi connectivity index (χ1n) is 6.27. The minimum atomic E-state index is -0.466. The molecule has 0 saturated heterocycles. The van der Waals surface area contributed by atoms with Crippen LogP contribution in [-0.4, -0.2) is 11.9 Å². The van der Waals surface area contributed by atoms with Crippen molar-refractivity contribution in [3.05, 3.63) is 34.9 Å². The Morgan fingerprint density at radius 1 is 1.33 bits per heavy atom. The third-order valence-electron chi connectivity index (χ3n) is 3.02. The molecule has 1 aromatic carbocycles. The van der Waals surface area contributed by atoms with E-state index in [9.17, 15) is 4.79 Å². The van der Waals surface area contributed by atoms with Crippen molar-refractivity contribution in [1.29, 1.82) is 0 Å². The van der Waals surface area contributed by atoms with Gasteiger partial charge in [0, 0.05) is 5.02 Å². The maximum absolute atomic E-state index is 11.9. The van der Waals surface area contributed by atoms with Gasteiger partial charge in [-0.1, -0.05) is 44.5 Å². The second-order valence-corrected chi connectivity index (χ2v) is 5.23. The second-order valence-electron chi connectivity index (χ2n) is 4.79. The van der Waals surface area contributed by atoms with Crippen LogP contribution in [0.5, 0.6) is 0 Å². The molecule has 1 unspecified atom stereocenters. The zero-order valence-corrected chi connectivity index (χ0v) is 11.9. The molecule has 1 amide bonds. The summed E-state index contributed by atoms with van der Waals surface area (Å²) in [6.07, 6.45) is 0.818. The van der Waals surface area contributed by atoms with Crippen LogP contribution in [0.15, 0.2) is 24.3 Å². The Balaban J connectivity index is 2.73. The molecule has 0 aliphatic carbocycles. The lowest BCUT2D eigenvalue weighted by atomic mass is 10.0. The molecule has 0 aliphatic heterocycles. The van der Waals surface area contributed by atoms with Gasteiger partial charge in [0.2, 0.25) is 5.91 Å². The number of hydrogen-bond donors (Lipinski definition) is 2. The quantitative estimate of drug-likeness (QED) is 0.863. The zero-order chi connectivity index (χ0) is 13.7. The number of nitrogens with one attached hydrogen (secondary N) is 1. The Labute approximate surface area is 114 Å². The van der Waals surface area contributed by atoms with Crippen molar-refractivity contribution in [3.8, 4) is 0 Å². The van der Waals surface area contributed by atoms with Crippen molar-refractivity contribution in [3.63, 3.8) is 0 Å². The number of carbonyl (C=O) groups is 1. The lowest BCUT2D eigenvalue weighted by molar-refractivity contribution is -0.124. The smallest absolute Gasteiger partial charge is 0.237 e. The molecule has 2 atom stereocenters. The molecule has 0 aromatic heterocycles. The third kappa shape index (κ3) is 4.00. The number of hydrogen-bond acceptors (Lipinski definition) is 2. The van der Waals surface area contributed by atoms with Gasteiger partial charge in [-0.25, -0.2) is 0 Å². The van der Waals surface area contributed by atoms with Gasteiger partial charge in [0.1, 0.15) is 0 Å². The van der Waals surface area contributed by atoms with Crippen LogP contribution in [0.3, 0.4) is 0 Å². The lowest BCUT2D eigenvalue weighted by Gasteiger charge is -2.22. The minimum Gasteiger partial charge on any atom is -0.348 e. The van der Waals surface area contributed by atoms with Crippen molar-refractivity contribution < 1.29 is 4.79 Å². The standard InChI is InChI=1S/C14H21ClN2O/c1-4-12(10-5-7-11(15)8-6-10)17-14(18)13(16)9(2)3/h5-9,12-13H,4,16H2,1-3H3,(H,17,18)/t12?,13-/m0/s1. The van der Waals surface area contributed by atoms with Crippen molar-refractivity contribution >= 4 is 17.5 Å². The highest BCUT2D eigenvalue weighted by Gasteiger charge is 2.20. The number of nitrogens with two attached hydrogens (primary N) is 1. The zero-order valence-electron chi connectivity index (χ0n) is 11.1. The Bertz CT molecular complexity index is 389. The molecular formula is C14H21ClN2O. The summed E-state index contributed by atoms with van der Waals surface area (Å²) in [5.74, 6) is 0.0273. The van der Waals surface area contributed by atoms with E-state index in [2.05, 4.69) is 5.32 Å². The van der Waals surface area contributed by atoms with Gasteiger partial charge in [-0.15, -0.1) is 0 Å². The Morgan fingerprint density at radius 3 is 2.33 bits per heavy atom. The van der Waals surface area contributed by atoms with Crippen molar-refractivity contribution in [2.24, 2.45) is 11.7 Å². The number of amides is 1. The molecule has 100 valence electrons. The highest BCUT2D eigenvalue weighted by atomic mass is 35.5. The third-order valence-corrected chi connectivity index (χ3v) is 3.27. The first kappa shape index (κ1) is 15.0. The fourth-order valence-electron chi connectivity index (χ4n) is 1.69. The molecule has 0 heterocycles. The van der Waals surface area contributed by atoms with Crippen LogP contribution in [-0.2, 0) is 4.79 Å². The van der Waals surface area contributed by atoms with E-state index in [0.717, 1.165) is 12.0 Å². The summed E-state index contributed by atoms with van der Waals surface area (Å²) >= 11 is 5.85. The predicted octanol–water partition coefficient (Wildman–Crippen LogP) is 2.89. The van der Waals surface area contributed by atoms with Gasteiger partial charge in [0.05, 0.1) is 12.1 Å². The maximum atomic E-state index is 11.9. The summed E-state index contributed by atoms with van der Waals surface area (Å²) in [7, 11) is 0. The molecule has 0 bridgehead atoms. The van der Waals surface area contributed by atoms with Gasteiger partial charge < -0.3 is 11.1 Å². The van der Waals surface area contributed by atoms with E-state index >= 15 is 0 Å². The van der Waals surface area contributed by atoms with Gasteiger partial charge in [-0.2, -0.15) is 0 Å². The van der Waals surface area contributed by atoms with Crippen molar-refractivity contribution in [2.75, 3.05) is 0 Å². The van der Waals surface area contributed by atoms with E-state index in [1.807, 2.05) is 45.0 Å². The van der Waals surface area contributed by atoms with Gasteiger partial charge in [0.25, 0.3) is 0 Å². The van der Waals surface area contributed by atoms with E-state index in [0.29, 0.717) is 5.02 Å². The minimum absolute atomic E-state index is 0.0143. The van der Waals surface area contributed by atoms with Crippen molar-refractivity contribution in [1.82, 2.24) is 5.32 Å². The highest BCUT2D eigenvalue weighted by molar-refractivity contribution is 6.30. The average molecular weight is 269 g/mol. The second kappa shape index (κ2) is 6.76. The molecule has 0 spiro atoms. The van der Waals surface area contributed by atoms with E-state index in [1.165, 1.54) is 0 Å². The molecule has 0 radical (unpaired) electrons. The van der Waals surface area contributed by atoms with Crippen LogP contribution >= 0.6 is 11.6 Å². The summed E-state index contributed by atoms with van der Waals surface area (Å²) in [6, 6.07) is 7.03. The summed E-state index contributed by atoms with van der Waals surface area (Å²) < 4.78 is 0. The largest absolute Gasteiger partial charge is 0.348 e. The van der Waals surface area contributed by atoms with Crippen LogP contribution in [0.2, 0.25) is 5.02 Å². The molecule has 0 fully saturated rings. The Kier molecular flexibility index (Phi) is 5.63. The van der Waals surface area contributed by atoms with E-state index in [4.69, 9.17) is 17.3 Å². The molecule has 0 saturated carbocycles. The number of carbonyl (C=O) groups excluding carboxylic acids is 1. The predicted molar refractivity (Wildman–Crippen MR) is 75.4 cm³/mol. The van der Waals surface area contributed by atoms with Gasteiger partial charge in [0.15, 0.2) is 0 Å². The van der Waals surface area contributed by atoms with Crippen LogP contribution in [0, 0.1) is 5.92 Å². The van der Waals surface area contributed by atoms with Crippen LogP contribution in [0.4, 0.5) is 0 Å². The molecule has 3 N–H and O–H groups in total. The number of benzene rings is 1. The fraction of sp³-hybridized carbons (Fsp3) is 0.500. The Hall–Kier alpha value is -1.06. The van der Waals surface area contributed by atoms with Gasteiger partial charge in [-0.05, 0) is 30.0 Å². The summed E-state index contributed by atoms with van der Waals surface area (Å²) in [5, 5.41) is 3.67. The van der Waals surface area contributed by atoms with E-state index in [-0.39, 0.29) is 17.9 Å². The summed E-state index contributed by atoms with van der Waals surface area (Å²) in [4.78, 5) is 11.9. The topological polar surface area (TPSA) is 55.1 Å². The van der Waals surface area contributed by atoms with E-state index in [1.54, 1.807) is 0 Å². The SMILES string of the molecule is CCC(NC(=O)[C@@H](N)C(C)C)c1ccc(Cl)cc1. The fourth-order valence-corrected chi connectivity index (χ4v) is 1.81. The Morgan fingerprint density at radius 2 is 1.89 bits per heavy atom. The number of halogens is 1. The van der Waals surface area contributed by atoms with Crippen LogP contribution in [0.25, 0.3) is 0 Å². The monoisotopic (exact) mass is 268 g/mol. The van der Waals surface area contributed by atoms with Crippen molar-refractivity contribution in [2.45, 2.75) is 39.3 Å². The van der Waals surface area contributed by atoms with Crippen LogP contribution < -0.4 is 11.1 Å². The molecular weight excluding hydrogens is 248 g/mol. The van der Waals surface area contributed by atoms with Gasteiger partial charge in [-0.3, -0.25) is 4.79 Å². The van der Waals surface area contributed by atoms with Gasteiger partial charge >= 0.3 is 0 Å². The molecule has 4 heteroatoms. The molecule has 0 aliphatic rings. The maximum Gasteiger partial charge on any atom is 0.237 e. The summed E-state index contributed by atoms with van der Waals surface area (Å²) in [6.45, 7) is 5.90. The number of rotatable bonds is 5. The molecule has 1 rings (SSSR count). The lowest BCUT2D eigenvalue weighted by Crippen LogP contribution is -2.45. The molecule has 3 nitrogen and oxygen atoms in total. The summed E-state index contributed by atoms with van der Waals surface area (Å²) in [5.41, 5.74) is 6.88. The molecule has 18 heavy (non-hydrogen) atoms. The first-order chi connectivity index (χ1) is 8.45.